The molecular weight excluding hydrogens is 212 g/mol. The lowest BCUT2D eigenvalue weighted by Crippen LogP contribution is -2.40. The van der Waals surface area contributed by atoms with Gasteiger partial charge in [0, 0.05) is 12.6 Å². The SMILES string of the molecule is CN1CCCCC1Cn1c(=O)[nH][nH]c1=S. The van der Waals surface area contributed by atoms with Crippen LogP contribution >= 0.6 is 12.2 Å². The van der Waals surface area contributed by atoms with Gasteiger partial charge in [-0.05, 0) is 38.7 Å². The molecule has 0 bridgehead atoms. The number of aromatic nitrogens is 3. The van der Waals surface area contributed by atoms with Crippen molar-refractivity contribution in [3.63, 3.8) is 0 Å². The predicted molar refractivity (Wildman–Crippen MR) is 60.5 cm³/mol. The zero-order valence-corrected chi connectivity index (χ0v) is 9.64. The number of piperidine rings is 1. The lowest BCUT2D eigenvalue weighted by atomic mass is 10.0. The zero-order chi connectivity index (χ0) is 10.8. The molecule has 84 valence electrons. The summed E-state index contributed by atoms with van der Waals surface area (Å²) >= 11 is 5.04. The van der Waals surface area contributed by atoms with Gasteiger partial charge in [0.15, 0.2) is 4.77 Å². The number of rotatable bonds is 2. The Morgan fingerprint density at radius 3 is 2.87 bits per heavy atom. The van der Waals surface area contributed by atoms with Crippen molar-refractivity contribution in [2.45, 2.75) is 31.8 Å². The third kappa shape index (κ3) is 2.21. The monoisotopic (exact) mass is 228 g/mol. The number of hydrogen-bond acceptors (Lipinski definition) is 3. The second-order valence-electron chi connectivity index (χ2n) is 4.10. The van der Waals surface area contributed by atoms with Crippen LogP contribution < -0.4 is 5.69 Å². The van der Waals surface area contributed by atoms with E-state index in [1.54, 1.807) is 4.57 Å². The van der Waals surface area contributed by atoms with Crippen LogP contribution in [0.2, 0.25) is 0 Å². The molecule has 1 atom stereocenters. The van der Waals surface area contributed by atoms with Gasteiger partial charge in [-0.25, -0.2) is 9.89 Å². The van der Waals surface area contributed by atoms with Crippen LogP contribution in [0.3, 0.4) is 0 Å². The van der Waals surface area contributed by atoms with Gasteiger partial charge in [0.05, 0.1) is 0 Å². The fourth-order valence-electron chi connectivity index (χ4n) is 2.09. The van der Waals surface area contributed by atoms with E-state index in [0.29, 0.717) is 17.4 Å². The van der Waals surface area contributed by atoms with Crippen LogP contribution in [-0.4, -0.2) is 39.3 Å². The third-order valence-corrected chi connectivity index (χ3v) is 3.40. The van der Waals surface area contributed by atoms with Gasteiger partial charge in [-0.15, -0.1) is 0 Å². The molecule has 1 aromatic rings. The van der Waals surface area contributed by atoms with Crippen LogP contribution in [0.1, 0.15) is 19.3 Å². The molecule has 2 heterocycles. The van der Waals surface area contributed by atoms with Gasteiger partial charge >= 0.3 is 5.69 Å². The number of likely N-dealkylation sites (N-methyl/N-ethyl adjacent to an activating group) is 1. The molecule has 5 nitrogen and oxygen atoms in total. The first-order valence-corrected chi connectivity index (χ1v) is 5.67. The summed E-state index contributed by atoms with van der Waals surface area (Å²) in [6.07, 6.45) is 3.63. The standard InChI is InChI=1S/C9H16N4OS/c1-12-5-3-2-4-7(12)6-13-8(14)10-11-9(13)15/h7H,2-6H2,1H3,(H,10,14)(H,11,15). The second kappa shape index (κ2) is 4.32. The molecule has 1 aliphatic rings. The maximum Gasteiger partial charge on any atom is 0.342 e. The number of hydrogen-bond donors (Lipinski definition) is 2. The summed E-state index contributed by atoms with van der Waals surface area (Å²) in [4.78, 5) is 13.7. The minimum atomic E-state index is -0.140. The fraction of sp³-hybridized carbons (Fsp3) is 0.778. The van der Waals surface area contributed by atoms with E-state index >= 15 is 0 Å². The van der Waals surface area contributed by atoms with Crippen molar-refractivity contribution in [1.82, 2.24) is 19.7 Å². The number of H-pyrrole nitrogens is 2. The molecule has 15 heavy (non-hydrogen) atoms. The Labute approximate surface area is 93.1 Å². The summed E-state index contributed by atoms with van der Waals surface area (Å²) in [5.74, 6) is 0. The molecule has 6 heteroatoms. The van der Waals surface area contributed by atoms with Gasteiger partial charge in [-0.2, -0.15) is 0 Å². The first kappa shape index (κ1) is 10.6. The van der Waals surface area contributed by atoms with E-state index in [1.165, 1.54) is 12.8 Å². The Balaban J connectivity index is 2.14. The number of likely N-dealkylation sites (tertiary alicyclic amines) is 1. The lowest BCUT2D eigenvalue weighted by molar-refractivity contribution is 0.166. The fourth-order valence-corrected chi connectivity index (χ4v) is 2.29. The van der Waals surface area contributed by atoms with E-state index < -0.39 is 0 Å². The Kier molecular flexibility index (Phi) is 3.06. The highest BCUT2D eigenvalue weighted by atomic mass is 32.1. The highest BCUT2D eigenvalue weighted by Crippen LogP contribution is 2.15. The molecule has 0 radical (unpaired) electrons. The zero-order valence-electron chi connectivity index (χ0n) is 8.82. The van der Waals surface area contributed by atoms with E-state index in [9.17, 15) is 4.79 Å². The third-order valence-electron chi connectivity index (χ3n) is 3.08. The first-order valence-electron chi connectivity index (χ1n) is 5.26. The molecular formula is C9H16N4OS. The van der Waals surface area contributed by atoms with Crippen LogP contribution in [-0.2, 0) is 6.54 Å². The molecule has 0 aliphatic carbocycles. The normalized spacial score (nSPS) is 23.1. The van der Waals surface area contributed by atoms with Crippen molar-refractivity contribution in [3.8, 4) is 0 Å². The quantitative estimate of drug-likeness (QED) is 0.733. The summed E-state index contributed by atoms with van der Waals surface area (Å²) in [7, 11) is 2.11. The van der Waals surface area contributed by atoms with Crippen molar-refractivity contribution in [2.24, 2.45) is 0 Å². The molecule has 0 aromatic carbocycles. The van der Waals surface area contributed by atoms with Crippen LogP contribution in [0.15, 0.2) is 4.79 Å². The average molecular weight is 228 g/mol. The van der Waals surface area contributed by atoms with Gasteiger partial charge in [0.25, 0.3) is 0 Å². The largest absolute Gasteiger partial charge is 0.342 e. The maximum atomic E-state index is 11.4. The van der Waals surface area contributed by atoms with Gasteiger partial charge in [0.2, 0.25) is 0 Å². The van der Waals surface area contributed by atoms with Gasteiger partial charge in [0.1, 0.15) is 0 Å². The van der Waals surface area contributed by atoms with Gasteiger partial charge < -0.3 is 4.90 Å². The molecule has 0 spiro atoms. The van der Waals surface area contributed by atoms with E-state index in [4.69, 9.17) is 12.2 Å². The highest BCUT2D eigenvalue weighted by molar-refractivity contribution is 7.71. The van der Waals surface area contributed by atoms with E-state index in [2.05, 4.69) is 22.1 Å². The Bertz CT molecular complexity index is 404. The van der Waals surface area contributed by atoms with E-state index in [-0.39, 0.29) is 5.69 Å². The molecule has 0 amide bonds. The van der Waals surface area contributed by atoms with E-state index in [0.717, 1.165) is 13.0 Å². The molecule has 2 rings (SSSR count). The number of nitrogens with zero attached hydrogens (tertiary/aromatic N) is 2. The minimum absolute atomic E-state index is 0.140. The molecule has 2 N–H and O–H groups in total. The molecule has 1 unspecified atom stereocenters. The second-order valence-corrected chi connectivity index (χ2v) is 4.49. The molecule has 1 saturated heterocycles. The molecule has 1 aromatic heterocycles. The summed E-state index contributed by atoms with van der Waals surface area (Å²) in [5, 5.41) is 5.16. The van der Waals surface area contributed by atoms with Crippen LogP contribution in [0.4, 0.5) is 0 Å². The average Bonchev–Trinajstić information content (AvgIpc) is 2.53. The lowest BCUT2D eigenvalue weighted by Gasteiger charge is -2.32. The van der Waals surface area contributed by atoms with Crippen molar-refractivity contribution in [1.29, 1.82) is 0 Å². The van der Waals surface area contributed by atoms with Crippen molar-refractivity contribution < 1.29 is 0 Å². The summed E-state index contributed by atoms with van der Waals surface area (Å²) in [6, 6.07) is 0.433. The Morgan fingerprint density at radius 1 is 1.47 bits per heavy atom. The minimum Gasteiger partial charge on any atom is -0.302 e. The number of aromatic amines is 2. The van der Waals surface area contributed by atoms with Gasteiger partial charge in [-0.1, -0.05) is 6.42 Å². The van der Waals surface area contributed by atoms with Gasteiger partial charge in [-0.3, -0.25) is 9.67 Å². The maximum absolute atomic E-state index is 11.4. The smallest absolute Gasteiger partial charge is 0.302 e. The van der Waals surface area contributed by atoms with Crippen LogP contribution in [0, 0.1) is 4.77 Å². The van der Waals surface area contributed by atoms with Crippen LogP contribution in [0.5, 0.6) is 0 Å². The van der Waals surface area contributed by atoms with Crippen molar-refractivity contribution >= 4 is 12.2 Å². The van der Waals surface area contributed by atoms with Crippen molar-refractivity contribution in [3.05, 3.63) is 15.3 Å². The molecule has 1 aliphatic heterocycles. The summed E-state index contributed by atoms with van der Waals surface area (Å²) in [5.41, 5.74) is -0.140. The summed E-state index contributed by atoms with van der Waals surface area (Å²) < 4.78 is 2.08. The predicted octanol–water partition coefficient (Wildman–Crippen LogP) is 0.718. The topological polar surface area (TPSA) is 56.8 Å². The Hall–Kier alpha value is -0.880. The Morgan fingerprint density at radius 2 is 2.27 bits per heavy atom. The van der Waals surface area contributed by atoms with E-state index in [1.807, 2.05) is 0 Å². The molecule has 0 saturated carbocycles. The summed E-state index contributed by atoms with van der Waals surface area (Å²) in [6.45, 7) is 1.80. The first-order chi connectivity index (χ1) is 7.18. The molecule has 1 fully saturated rings. The van der Waals surface area contributed by atoms with Crippen LogP contribution in [0.25, 0.3) is 0 Å². The highest BCUT2D eigenvalue weighted by Gasteiger charge is 2.20. The van der Waals surface area contributed by atoms with Crippen molar-refractivity contribution in [2.75, 3.05) is 13.6 Å². The number of nitrogens with one attached hydrogen (secondary N) is 2.